The minimum absolute atomic E-state index is 0.644. The number of fused-ring (bicyclic) bond motifs is 1. The summed E-state index contributed by atoms with van der Waals surface area (Å²) in [5.74, 6) is 0.884. The zero-order valence-corrected chi connectivity index (χ0v) is 11.4. The monoisotopic (exact) mass is 244 g/mol. The number of rotatable bonds is 2. The van der Waals surface area contributed by atoms with Crippen molar-refractivity contribution in [3.63, 3.8) is 0 Å². The van der Waals surface area contributed by atoms with Crippen LogP contribution in [-0.4, -0.2) is 30.6 Å². The summed E-state index contributed by atoms with van der Waals surface area (Å²) in [6.07, 6.45) is 3.99. The standard InChI is InChI=1S/C16H24N2/c1-13-5-4-8-18(11-13)12-16-9-14-6-2-3-7-15(14)10-17-16/h2-3,6-7,13,16-17H,4-5,8-12H2,1H3/t13-,16-/m0/s1. The molecule has 1 N–H and O–H groups in total. The third-order valence-electron chi connectivity index (χ3n) is 4.39. The summed E-state index contributed by atoms with van der Waals surface area (Å²) >= 11 is 0. The highest BCUT2D eigenvalue weighted by atomic mass is 15.2. The van der Waals surface area contributed by atoms with Gasteiger partial charge in [-0.2, -0.15) is 0 Å². The topological polar surface area (TPSA) is 15.3 Å². The first-order chi connectivity index (χ1) is 8.81. The lowest BCUT2D eigenvalue weighted by Crippen LogP contribution is -2.47. The molecule has 2 aliphatic heterocycles. The molecule has 2 nitrogen and oxygen atoms in total. The van der Waals surface area contributed by atoms with E-state index in [0.717, 1.165) is 12.5 Å². The number of nitrogens with zero attached hydrogens (tertiary/aromatic N) is 1. The molecule has 1 saturated heterocycles. The van der Waals surface area contributed by atoms with Gasteiger partial charge in [0.05, 0.1) is 0 Å². The van der Waals surface area contributed by atoms with Crippen molar-refractivity contribution in [3.05, 3.63) is 35.4 Å². The van der Waals surface area contributed by atoms with Crippen molar-refractivity contribution in [2.45, 2.75) is 38.8 Å². The van der Waals surface area contributed by atoms with Crippen molar-refractivity contribution < 1.29 is 0 Å². The number of likely N-dealkylation sites (tertiary alicyclic amines) is 1. The minimum atomic E-state index is 0.644. The van der Waals surface area contributed by atoms with E-state index < -0.39 is 0 Å². The molecule has 0 bridgehead atoms. The maximum Gasteiger partial charge on any atom is 0.0238 e. The third kappa shape index (κ3) is 2.76. The summed E-state index contributed by atoms with van der Waals surface area (Å²) in [4.78, 5) is 2.65. The number of hydrogen-bond donors (Lipinski definition) is 1. The van der Waals surface area contributed by atoms with Crippen LogP contribution in [0.3, 0.4) is 0 Å². The van der Waals surface area contributed by atoms with Gasteiger partial charge in [-0.1, -0.05) is 31.2 Å². The summed E-state index contributed by atoms with van der Waals surface area (Å²) in [7, 11) is 0. The van der Waals surface area contributed by atoms with Crippen molar-refractivity contribution in [3.8, 4) is 0 Å². The average Bonchev–Trinajstić information content (AvgIpc) is 2.39. The zero-order valence-electron chi connectivity index (χ0n) is 11.4. The number of nitrogens with one attached hydrogen (secondary N) is 1. The number of benzene rings is 1. The molecule has 3 rings (SSSR count). The first-order valence-corrected chi connectivity index (χ1v) is 7.34. The fourth-order valence-electron chi connectivity index (χ4n) is 3.41. The average molecular weight is 244 g/mol. The lowest BCUT2D eigenvalue weighted by molar-refractivity contribution is 0.164. The molecule has 0 unspecified atom stereocenters. The third-order valence-corrected chi connectivity index (χ3v) is 4.39. The Balaban J connectivity index is 1.59. The Morgan fingerprint density at radius 1 is 1.28 bits per heavy atom. The molecule has 2 aliphatic rings. The van der Waals surface area contributed by atoms with Crippen LogP contribution >= 0.6 is 0 Å². The van der Waals surface area contributed by atoms with Crippen LogP contribution in [0, 0.1) is 5.92 Å². The van der Waals surface area contributed by atoms with Crippen molar-refractivity contribution in [1.29, 1.82) is 0 Å². The van der Waals surface area contributed by atoms with E-state index >= 15 is 0 Å². The van der Waals surface area contributed by atoms with Gasteiger partial charge in [-0.15, -0.1) is 0 Å². The summed E-state index contributed by atoms with van der Waals surface area (Å²) in [6, 6.07) is 9.51. The normalized spacial score (nSPS) is 28.9. The first-order valence-electron chi connectivity index (χ1n) is 7.34. The smallest absolute Gasteiger partial charge is 0.0238 e. The van der Waals surface area contributed by atoms with Gasteiger partial charge in [-0.25, -0.2) is 0 Å². The van der Waals surface area contributed by atoms with Gasteiger partial charge in [0, 0.05) is 25.7 Å². The highest BCUT2D eigenvalue weighted by molar-refractivity contribution is 5.29. The predicted molar refractivity (Wildman–Crippen MR) is 75.6 cm³/mol. The van der Waals surface area contributed by atoms with Crippen molar-refractivity contribution in [1.82, 2.24) is 10.2 Å². The van der Waals surface area contributed by atoms with E-state index in [4.69, 9.17) is 0 Å². The van der Waals surface area contributed by atoms with Gasteiger partial charge in [0.1, 0.15) is 0 Å². The molecule has 0 aromatic heterocycles. The lowest BCUT2D eigenvalue weighted by atomic mass is 9.94. The second kappa shape index (κ2) is 5.41. The second-order valence-corrected chi connectivity index (χ2v) is 6.06. The molecular weight excluding hydrogens is 220 g/mol. The maximum absolute atomic E-state index is 3.70. The van der Waals surface area contributed by atoms with Gasteiger partial charge < -0.3 is 10.2 Å². The maximum atomic E-state index is 3.70. The van der Waals surface area contributed by atoms with E-state index in [0.29, 0.717) is 6.04 Å². The van der Waals surface area contributed by atoms with Crippen LogP contribution in [0.15, 0.2) is 24.3 Å². The molecule has 0 aliphatic carbocycles. The quantitative estimate of drug-likeness (QED) is 0.859. The fourth-order valence-corrected chi connectivity index (χ4v) is 3.41. The van der Waals surface area contributed by atoms with E-state index in [1.165, 1.54) is 44.5 Å². The zero-order chi connectivity index (χ0) is 12.4. The highest BCUT2D eigenvalue weighted by Gasteiger charge is 2.22. The van der Waals surface area contributed by atoms with E-state index in [9.17, 15) is 0 Å². The molecule has 0 saturated carbocycles. The van der Waals surface area contributed by atoms with E-state index in [2.05, 4.69) is 41.4 Å². The molecule has 0 amide bonds. The largest absolute Gasteiger partial charge is 0.308 e. The molecule has 1 aromatic rings. The first kappa shape index (κ1) is 12.2. The van der Waals surface area contributed by atoms with Crippen LogP contribution in [0.5, 0.6) is 0 Å². The molecular formula is C16H24N2. The van der Waals surface area contributed by atoms with Crippen molar-refractivity contribution >= 4 is 0 Å². The van der Waals surface area contributed by atoms with Crippen LogP contribution in [0.4, 0.5) is 0 Å². The molecule has 0 radical (unpaired) electrons. The van der Waals surface area contributed by atoms with Crippen LogP contribution in [0.2, 0.25) is 0 Å². The van der Waals surface area contributed by atoms with E-state index in [1.54, 1.807) is 5.56 Å². The molecule has 18 heavy (non-hydrogen) atoms. The molecule has 2 heteroatoms. The second-order valence-electron chi connectivity index (χ2n) is 6.06. The number of hydrogen-bond acceptors (Lipinski definition) is 2. The Kier molecular flexibility index (Phi) is 3.67. The molecule has 98 valence electrons. The van der Waals surface area contributed by atoms with Gasteiger partial charge in [-0.05, 0) is 42.9 Å². The van der Waals surface area contributed by atoms with Gasteiger partial charge >= 0.3 is 0 Å². The Morgan fingerprint density at radius 2 is 2.11 bits per heavy atom. The highest BCUT2D eigenvalue weighted by Crippen LogP contribution is 2.19. The predicted octanol–water partition coefficient (Wildman–Crippen LogP) is 2.43. The Labute approximate surface area is 110 Å². The Hall–Kier alpha value is -0.860. The summed E-state index contributed by atoms with van der Waals surface area (Å²) in [5, 5.41) is 3.70. The minimum Gasteiger partial charge on any atom is -0.308 e. The summed E-state index contributed by atoms with van der Waals surface area (Å²) in [6.45, 7) is 7.24. The van der Waals surface area contributed by atoms with Crippen LogP contribution in [-0.2, 0) is 13.0 Å². The molecule has 2 atom stereocenters. The van der Waals surface area contributed by atoms with Crippen molar-refractivity contribution in [2.75, 3.05) is 19.6 Å². The Morgan fingerprint density at radius 3 is 2.94 bits per heavy atom. The van der Waals surface area contributed by atoms with Crippen molar-refractivity contribution in [2.24, 2.45) is 5.92 Å². The molecule has 0 spiro atoms. The van der Waals surface area contributed by atoms with Crippen LogP contribution < -0.4 is 5.32 Å². The Bertz CT molecular complexity index is 402. The van der Waals surface area contributed by atoms with Gasteiger partial charge in [0.25, 0.3) is 0 Å². The fraction of sp³-hybridized carbons (Fsp3) is 0.625. The molecule has 1 fully saturated rings. The van der Waals surface area contributed by atoms with E-state index in [1.807, 2.05) is 0 Å². The SMILES string of the molecule is C[C@H]1CCCN(C[C@@H]2Cc3ccccc3CN2)C1. The van der Waals surface area contributed by atoms with Gasteiger partial charge in [-0.3, -0.25) is 0 Å². The summed E-state index contributed by atoms with van der Waals surface area (Å²) in [5.41, 5.74) is 3.03. The number of piperidine rings is 1. The lowest BCUT2D eigenvalue weighted by Gasteiger charge is -2.35. The summed E-state index contributed by atoms with van der Waals surface area (Å²) < 4.78 is 0. The van der Waals surface area contributed by atoms with Gasteiger partial charge in [0.2, 0.25) is 0 Å². The van der Waals surface area contributed by atoms with Crippen LogP contribution in [0.25, 0.3) is 0 Å². The van der Waals surface area contributed by atoms with E-state index in [-0.39, 0.29) is 0 Å². The van der Waals surface area contributed by atoms with Gasteiger partial charge in [0.15, 0.2) is 0 Å². The molecule has 2 heterocycles. The molecule has 1 aromatic carbocycles. The van der Waals surface area contributed by atoms with Crippen LogP contribution in [0.1, 0.15) is 30.9 Å².